The highest BCUT2D eigenvalue weighted by Crippen LogP contribution is 2.46. The highest BCUT2D eigenvalue weighted by atomic mass is 19.4. The molecule has 3 aromatic rings. The first-order valence-corrected chi connectivity index (χ1v) is 21.1. The summed E-state index contributed by atoms with van der Waals surface area (Å²) in [7, 11) is 0. The zero-order valence-electron chi connectivity index (χ0n) is 33.6. The maximum atomic E-state index is 13.7. The fourth-order valence-corrected chi connectivity index (χ4v) is 10.0. The van der Waals surface area contributed by atoms with E-state index in [1.165, 1.54) is 6.07 Å². The number of hydrogen-bond donors (Lipinski definition) is 2. The number of benzene rings is 3. The van der Waals surface area contributed by atoms with Crippen LogP contribution in [0.2, 0.25) is 0 Å². The molecule has 3 amide bonds. The smallest absolute Gasteiger partial charge is 0.374 e. The molecule has 14 heteroatoms. The molecule has 11 nitrogen and oxygen atoms in total. The van der Waals surface area contributed by atoms with Crippen LogP contribution in [0, 0.1) is 22.7 Å². The predicted octanol–water partition coefficient (Wildman–Crippen LogP) is 6.35. The van der Waals surface area contributed by atoms with Gasteiger partial charge in [0.1, 0.15) is 6.04 Å². The van der Waals surface area contributed by atoms with Crippen molar-refractivity contribution >= 4 is 40.5 Å². The third kappa shape index (κ3) is 9.00. The lowest BCUT2D eigenvalue weighted by Gasteiger charge is -2.40. The molecule has 0 bridgehead atoms. The molecule has 3 aromatic carbocycles. The molecular formula is C45H53F3N8O3. The third-order valence-electron chi connectivity index (χ3n) is 13.4. The quantitative estimate of drug-likeness (QED) is 0.251. The molecule has 2 atom stereocenters. The van der Waals surface area contributed by atoms with Gasteiger partial charge in [0.15, 0.2) is 0 Å². The predicted molar refractivity (Wildman–Crippen MR) is 221 cm³/mol. The summed E-state index contributed by atoms with van der Waals surface area (Å²) in [5.41, 5.74) is 3.09. The molecule has 0 aliphatic carbocycles. The van der Waals surface area contributed by atoms with Gasteiger partial charge >= 0.3 is 6.18 Å². The van der Waals surface area contributed by atoms with Gasteiger partial charge in [-0.05, 0) is 117 Å². The summed E-state index contributed by atoms with van der Waals surface area (Å²) < 4.78 is 41.1. The van der Waals surface area contributed by atoms with Crippen LogP contribution < -0.4 is 25.3 Å². The highest BCUT2D eigenvalue weighted by molar-refractivity contribution is 6.01. The van der Waals surface area contributed by atoms with Gasteiger partial charge in [-0.2, -0.15) is 18.4 Å². The molecule has 59 heavy (non-hydrogen) atoms. The Morgan fingerprint density at radius 2 is 1.56 bits per heavy atom. The van der Waals surface area contributed by atoms with Crippen LogP contribution in [0.15, 0.2) is 66.7 Å². The second kappa shape index (κ2) is 16.8. The van der Waals surface area contributed by atoms with Crippen LogP contribution in [0.25, 0.3) is 0 Å². The Labute approximate surface area is 344 Å². The molecule has 5 saturated heterocycles. The number of piperidine rings is 3. The minimum Gasteiger partial charge on any atom is -0.374 e. The molecule has 0 radical (unpaired) electrons. The van der Waals surface area contributed by atoms with Gasteiger partial charge in [-0.25, -0.2) is 0 Å². The Hall–Kier alpha value is -5.29. The van der Waals surface area contributed by atoms with Crippen molar-refractivity contribution in [1.29, 1.82) is 5.26 Å². The molecule has 5 aliphatic heterocycles. The van der Waals surface area contributed by atoms with Crippen molar-refractivity contribution in [2.24, 2.45) is 11.3 Å². The van der Waals surface area contributed by atoms with Crippen molar-refractivity contribution in [3.05, 3.63) is 83.4 Å². The Balaban J connectivity index is 0.769. The summed E-state index contributed by atoms with van der Waals surface area (Å²) in [6.45, 7) is 10.8. The van der Waals surface area contributed by atoms with Gasteiger partial charge in [0.25, 0.3) is 5.91 Å². The number of rotatable bonds is 8. The van der Waals surface area contributed by atoms with Crippen molar-refractivity contribution in [2.75, 3.05) is 85.5 Å². The van der Waals surface area contributed by atoms with Gasteiger partial charge in [-0.3, -0.25) is 24.6 Å². The molecule has 8 rings (SSSR count). The van der Waals surface area contributed by atoms with Crippen molar-refractivity contribution < 1.29 is 27.6 Å². The Morgan fingerprint density at radius 3 is 2.24 bits per heavy atom. The summed E-state index contributed by atoms with van der Waals surface area (Å²) in [6.07, 6.45) is 0.995. The highest BCUT2D eigenvalue weighted by Gasteiger charge is 2.45. The van der Waals surface area contributed by atoms with Crippen LogP contribution >= 0.6 is 0 Å². The van der Waals surface area contributed by atoms with Gasteiger partial charge in [-0.15, -0.1) is 0 Å². The minimum atomic E-state index is -4.58. The fraction of sp³-hybridized carbons (Fsp3) is 0.511. The van der Waals surface area contributed by atoms with E-state index < -0.39 is 17.8 Å². The van der Waals surface area contributed by atoms with Crippen LogP contribution in [0.4, 0.5) is 35.9 Å². The molecular weight excluding hydrogens is 758 g/mol. The van der Waals surface area contributed by atoms with E-state index in [1.54, 1.807) is 12.1 Å². The number of amides is 3. The molecule has 0 saturated carbocycles. The van der Waals surface area contributed by atoms with E-state index in [2.05, 4.69) is 49.3 Å². The van der Waals surface area contributed by atoms with Gasteiger partial charge in [0, 0.05) is 106 Å². The van der Waals surface area contributed by atoms with Gasteiger partial charge in [-0.1, -0.05) is 6.07 Å². The number of nitrogens with zero attached hydrogens (tertiary/aromatic N) is 6. The van der Waals surface area contributed by atoms with E-state index in [9.17, 15) is 32.8 Å². The second-order valence-electron chi connectivity index (χ2n) is 17.3. The van der Waals surface area contributed by atoms with E-state index in [0.717, 1.165) is 114 Å². The lowest BCUT2D eigenvalue weighted by molar-refractivity contribution is -0.138. The van der Waals surface area contributed by atoms with Crippen molar-refractivity contribution in [2.45, 2.75) is 70.1 Å². The monoisotopic (exact) mass is 810 g/mol. The maximum Gasteiger partial charge on any atom is 0.417 e. The molecule has 0 aromatic heterocycles. The lowest BCUT2D eigenvalue weighted by Crippen LogP contribution is -2.49. The molecule has 312 valence electrons. The SMILES string of the molecule is CC1CC2(CCN(c3ccc(C(=O)N4CCC(CN5CCN(c6cccc(NC7CCC(=O)NC7=O)c6)CC5)CC4)cc3)CC2)CN1c1ccc(C#N)c(C(F)(F)F)c1. The van der Waals surface area contributed by atoms with Crippen LogP contribution in [-0.2, 0) is 15.8 Å². The number of imide groups is 1. The van der Waals surface area contributed by atoms with Gasteiger partial charge in [0.05, 0.1) is 17.2 Å². The number of piperazine rings is 1. The number of nitriles is 1. The standard InChI is InChI=1S/C45H53F3N8O3/c1-31-27-44(30-56(31)38-10-7-34(28-49)39(26-38)45(46,47)48)15-19-53(20-16-44)36-8-5-33(6-9-36)43(59)55-17-13-32(14-18-55)29-52-21-23-54(24-22-52)37-4-2-3-35(25-37)50-40-11-12-41(57)51-42(40)58/h2-10,25-26,31-32,40,50H,11-24,27,29-30H2,1H3,(H,51,57,58). The number of alkyl halides is 3. The van der Waals surface area contributed by atoms with Gasteiger partial charge < -0.3 is 24.9 Å². The average molecular weight is 811 g/mol. The number of carbonyl (C=O) groups is 3. The second-order valence-corrected chi connectivity index (χ2v) is 17.3. The number of nitrogens with one attached hydrogen (secondary N) is 2. The van der Waals surface area contributed by atoms with E-state index in [1.807, 2.05) is 41.3 Å². The zero-order valence-corrected chi connectivity index (χ0v) is 33.6. The van der Waals surface area contributed by atoms with Crippen molar-refractivity contribution in [1.82, 2.24) is 15.1 Å². The van der Waals surface area contributed by atoms with E-state index in [-0.39, 0.29) is 34.7 Å². The summed E-state index contributed by atoms with van der Waals surface area (Å²) in [5.74, 6) is 0.133. The average Bonchev–Trinajstić information content (AvgIpc) is 3.56. The van der Waals surface area contributed by atoms with Gasteiger partial charge in [0.2, 0.25) is 11.8 Å². The molecule has 5 fully saturated rings. The van der Waals surface area contributed by atoms with E-state index in [0.29, 0.717) is 36.6 Å². The minimum absolute atomic E-state index is 0.0192. The molecule has 5 aliphatic rings. The first kappa shape index (κ1) is 40.5. The van der Waals surface area contributed by atoms with E-state index in [4.69, 9.17) is 0 Å². The lowest BCUT2D eigenvalue weighted by atomic mass is 9.76. The van der Waals surface area contributed by atoms with Crippen LogP contribution in [-0.4, -0.2) is 105 Å². The molecule has 5 heterocycles. The fourth-order valence-electron chi connectivity index (χ4n) is 10.0. The van der Waals surface area contributed by atoms with Crippen molar-refractivity contribution in [3.63, 3.8) is 0 Å². The Kier molecular flexibility index (Phi) is 11.5. The number of carbonyl (C=O) groups excluding carboxylic acids is 3. The third-order valence-corrected chi connectivity index (χ3v) is 13.4. The first-order valence-electron chi connectivity index (χ1n) is 21.1. The van der Waals surface area contributed by atoms with Crippen LogP contribution in [0.1, 0.15) is 73.4 Å². The zero-order chi connectivity index (χ0) is 41.3. The van der Waals surface area contributed by atoms with Crippen LogP contribution in [0.3, 0.4) is 0 Å². The summed E-state index contributed by atoms with van der Waals surface area (Å²) in [5, 5.41) is 14.9. The van der Waals surface area contributed by atoms with E-state index >= 15 is 0 Å². The summed E-state index contributed by atoms with van der Waals surface area (Å²) in [4.78, 5) is 48.6. The van der Waals surface area contributed by atoms with Crippen LogP contribution in [0.5, 0.6) is 0 Å². The Bertz CT molecular complexity index is 2060. The number of anilines is 4. The topological polar surface area (TPSA) is 115 Å². The molecule has 2 unspecified atom stereocenters. The normalized spacial score (nSPS) is 23.0. The Morgan fingerprint density at radius 1 is 0.864 bits per heavy atom. The molecule has 1 spiro atoms. The largest absolute Gasteiger partial charge is 0.417 e. The molecule has 2 N–H and O–H groups in total. The number of halogens is 3. The van der Waals surface area contributed by atoms with Crippen molar-refractivity contribution in [3.8, 4) is 6.07 Å². The number of likely N-dealkylation sites (tertiary alicyclic amines) is 1. The maximum absolute atomic E-state index is 13.7. The summed E-state index contributed by atoms with van der Waals surface area (Å²) in [6, 6.07) is 21.5. The first-order chi connectivity index (χ1) is 28.4. The number of hydrogen-bond acceptors (Lipinski definition) is 9. The summed E-state index contributed by atoms with van der Waals surface area (Å²) >= 11 is 0.